The number of benzene rings is 1. The number of hydrogen-bond donors (Lipinski definition) is 5. The summed E-state index contributed by atoms with van der Waals surface area (Å²) in [6.45, 7) is 14.7. The Kier molecular flexibility index (Phi) is 11.9. The summed E-state index contributed by atoms with van der Waals surface area (Å²) in [4.78, 5) is 78.1. The number of likely N-dealkylation sites (tertiary alicyclic amines) is 1. The first kappa shape index (κ1) is 35.2. The van der Waals surface area contributed by atoms with Crippen molar-refractivity contribution in [2.75, 3.05) is 13.1 Å². The molecule has 12 heteroatoms. The molecule has 1 aliphatic heterocycles. The Bertz CT molecular complexity index is 1190. The smallest absolute Gasteiger partial charge is 0.316 e. The molecule has 0 bridgehead atoms. The van der Waals surface area contributed by atoms with Gasteiger partial charge in [0.1, 0.15) is 18.1 Å². The monoisotopic (exact) mass is 600 g/mol. The van der Waals surface area contributed by atoms with Gasteiger partial charge in [-0.15, -0.1) is 0 Å². The first-order chi connectivity index (χ1) is 19.8. The number of urea groups is 1. The standard InChI is InChI=1S/C31H48N6O6/c1-18(2)20-14-15-37(22(20)26(40)34-17-21(38)25(32)39)28(42)24(31(6,7)8)36-29(43)35-23(30(3,4)5)27(41)33-16-19-12-10-9-11-13-19/h9-13,18,20,22-24H,14-17H2,1-8H3,(H2,32,39)(H,33,41)(H,34,40)(H2,35,36,43)/t20?,22-,23+,24+/m0/s1. The van der Waals surface area contributed by atoms with Crippen LogP contribution in [-0.2, 0) is 30.5 Å². The van der Waals surface area contributed by atoms with Gasteiger partial charge in [-0.2, -0.15) is 0 Å². The summed E-state index contributed by atoms with van der Waals surface area (Å²) in [5, 5.41) is 10.8. The summed E-state index contributed by atoms with van der Waals surface area (Å²) in [7, 11) is 0. The third-order valence-electron chi connectivity index (χ3n) is 7.65. The number of hydrogen-bond acceptors (Lipinski definition) is 6. The average molecular weight is 601 g/mol. The number of ketones is 1. The van der Waals surface area contributed by atoms with Gasteiger partial charge in [0, 0.05) is 13.1 Å². The molecule has 0 spiro atoms. The summed E-state index contributed by atoms with van der Waals surface area (Å²) >= 11 is 0. The van der Waals surface area contributed by atoms with Crippen molar-refractivity contribution in [3.05, 3.63) is 35.9 Å². The van der Waals surface area contributed by atoms with Gasteiger partial charge in [-0.25, -0.2) is 4.79 Å². The zero-order valence-electron chi connectivity index (χ0n) is 26.6. The average Bonchev–Trinajstić information content (AvgIpc) is 3.36. The minimum atomic E-state index is -1.16. The maximum Gasteiger partial charge on any atom is 0.316 e. The summed E-state index contributed by atoms with van der Waals surface area (Å²) < 4.78 is 0. The van der Waals surface area contributed by atoms with Crippen LogP contribution in [0.2, 0.25) is 0 Å². The van der Waals surface area contributed by atoms with E-state index in [9.17, 15) is 28.8 Å². The van der Waals surface area contributed by atoms with E-state index in [2.05, 4.69) is 21.3 Å². The number of amides is 6. The molecule has 1 saturated heterocycles. The molecular formula is C31H48N6O6. The quantitative estimate of drug-likeness (QED) is 0.240. The lowest BCUT2D eigenvalue weighted by Crippen LogP contribution is -2.62. The van der Waals surface area contributed by atoms with Gasteiger partial charge in [-0.05, 0) is 34.7 Å². The Morgan fingerprint density at radius 2 is 1.44 bits per heavy atom. The van der Waals surface area contributed by atoms with E-state index in [1.165, 1.54) is 4.90 Å². The Labute approximate surface area is 254 Å². The van der Waals surface area contributed by atoms with Gasteiger partial charge >= 0.3 is 6.03 Å². The number of nitrogens with zero attached hydrogens (tertiary/aromatic N) is 1. The molecule has 1 unspecified atom stereocenters. The highest BCUT2D eigenvalue weighted by Gasteiger charge is 2.47. The van der Waals surface area contributed by atoms with Crippen LogP contribution < -0.4 is 27.0 Å². The molecule has 1 aromatic carbocycles. The molecule has 0 radical (unpaired) electrons. The van der Waals surface area contributed by atoms with Crippen molar-refractivity contribution in [1.82, 2.24) is 26.2 Å². The van der Waals surface area contributed by atoms with Crippen LogP contribution in [0.1, 0.15) is 67.4 Å². The van der Waals surface area contributed by atoms with Gasteiger partial charge < -0.3 is 31.9 Å². The molecule has 1 fully saturated rings. The molecule has 1 heterocycles. The second kappa shape index (κ2) is 14.5. The first-order valence-corrected chi connectivity index (χ1v) is 14.6. The van der Waals surface area contributed by atoms with Crippen LogP contribution in [0.4, 0.5) is 4.79 Å². The maximum atomic E-state index is 14.0. The lowest BCUT2D eigenvalue weighted by molar-refractivity contribution is -0.143. The predicted octanol–water partition coefficient (Wildman–Crippen LogP) is 1.48. The normalized spacial score (nSPS) is 18.4. The number of Topliss-reactive ketones (excluding diaryl/α,β-unsaturated/α-hetero) is 1. The minimum absolute atomic E-state index is 0.0340. The van der Waals surface area contributed by atoms with Gasteiger partial charge in [0.2, 0.25) is 23.5 Å². The fraction of sp³-hybridized carbons (Fsp3) is 0.613. The molecule has 4 atom stereocenters. The predicted molar refractivity (Wildman–Crippen MR) is 162 cm³/mol. The number of nitrogens with one attached hydrogen (secondary N) is 4. The lowest BCUT2D eigenvalue weighted by Gasteiger charge is -2.37. The summed E-state index contributed by atoms with van der Waals surface area (Å²) in [5.41, 5.74) is 4.51. The van der Waals surface area contributed by atoms with E-state index in [0.29, 0.717) is 13.0 Å². The van der Waals surface area contributed by atoms with E-state index in [4.69, 9.17) is 5.73 Å². The lowest BCUT2D eigenvalue weighted by atomic mass is 9.84. The highest BCUT2D eigenvalue weighted by Crippen LogP contribution is 2.33. The van der Waals surface area contributed by atoms with E-state index in [-0.39, 0.29) is 24.3 Å². The third-order valence-corrected chi connectivity index (χ3v) is 7.65. The molecule has 2 rings (SSSR count). The molecule has 12 nitrogen and oxygen atoms in total. The van der Waals surface area contributed by atoms with Crippen LogP contribution in [-0.4, -0.2) is 71.6 Å². The summed E-state index contributed by atoms with van der Waals surface area (Å²) in [5.74, 6) is -3.69. The molecule has 0 saturated carbocycles. The van der Waals surface area contributed by atoms with Crippen molar-refractivity contribution < 1.29 is 28.8 Å². The second-order valence-corrected chi connectivity index (χ2v) is 13.6. The van der Waals surface area contributed by atoms with E-state index < -0.39 is 65.0 Å². The van der Waals surface area contributed by atoms with Crippen molar-refractivity contribution in [2.24, 2.45) is 28.4 Å². The third kappa shape index (κ3) is 9.79. The van der Waals surface area contributed by atoms with Gasteiger partial charge in [-0.3, -0.25) is 24.0 Å². The molecule has 0 aliphatic carbocycles. The van der Waals surface area contributed by atoms with Crippen LogP contribution >= 0.6 is 0 Å². The maximum absolute atomic E-state index is 14.0. The fourth-order valence-electron chi connectivity index (χ4n) is 5.14. The molecule has 238 valence electrons. The van der Waals surface area contributed by atoms with Crippen LogP contribution in [0, 0.1) is 22.7 Å². The number of nitrogens with two attached hydrogens (primary N) is 1. The number of carbonyl (C=O) groups excluding carboxylic acids is 6. The zero-order valence-corrected chi connectivity index (χ0v) is 26.6. The van der Waals surface area contributed by atoms with Crippen LogP contribution in [0.3, 0.4) is 0 Å². The number of primary amides is 1. The highest BCUT2D eigenvalue weighted by molar-refractivity contribution is 6.36. The van der Waals surface area contributed by atoms with Crippen LogP contribution in [0.5, 0.6) is 0 Å². The summed E-state index contributed by atoms with van der Waals surface area (Å²) in [6, 6.07) is 5.83. The van der Waals surface area contributed by atoms with E-state index >= 15 is 0 Å². The molecule has 1 aliphatic rings. The topological polar surface area (TPSA) is 180 Å². The second-order valence-electron chi connectivity index (χ2n) is 13.6. The fourth-order valence-corrected chi connectivity index (χ4v) is 5.14. The van der Waals surface area contributed by atoms with Crippen LogP contribution in [0.15, 0.2) is 30.3 Å². The highest BCUT2D eigenvalue weighted by atomic mass is 16.2. The molecule has 0 aromatic heterocycles. The molecular weight excluding hydrogens is 552 g/mol. The molecule has 1 aromatic rings. The Morgan fingerprint density at radius 3 is 1.95 bits per heavy atom. The van der Waals surface area contributed by atoms with Gasteiger partial charge in [0.15, 0.2) is 0 Å². The van der Waals surface area contributed by atoms with Gasteiger partial charge in [0.25, 0.3) is 5.91 Å². The number of carbonyl (C=O) groups is 6. The Morgan fingerprint density at radius 1 is 0.884 bits per heavy atom. The largest absolute Gasteiger partial charge is 0.363 e. The van der Waals surface area contributed by atoms with Gasteiger partial charge in [0.05, 0.1) is 6.54 Å². The Balaban J connectivity index is 2.23. The van der Waals surface area contributed by atoms with Crippen LogP contribution in [0.25, 0.3) is 0 Å². The first-order valence-electron chi connectivity index (χ1n) is 14.6. The van der Waals surface area contributed by atoms with Crippen molar-refractivity contribution >= 4 is 35.4 Å². The zero-order chi connectivity index (χ0) is 32.7. The molecule has 43 heavy (non-hydrogen) atoms. The van der Waals surface area contributed by atoms with E-state index in [1.54, 1.807) is 20.8 Å². The SMILES string of the molecule is CC(C)C1CCN(C(=O)[C@@H](NC(=O)N[C@H](C(=O)NCc2ccccc2)C(C)(C)C)C(C)(C)C)[C@@H]1C(=O)NCC(=O)C(N)=O. The molecule has 6 amide bonds. The van der Waals surface area contributed by atoms with Crippen molar-refractivity contribution in [3.8, 4) is 0 Å². The van der Waals surface area contributed by atoms with Crippen molar-refractivity contribution in [2.45, 2.75) is 86.5 Å². The van der Waals surface area contributed by atoms with E-state index in [0.717, 1.165) is 5.56 Å². The van der Waals surface area contributed by atoms with Gasteiger partial charge in [-0.1, -0.05) is 85.7 Å². The summed E-state index contributed by atoms with van der Waals surface area (Å²) in [6.07, 6.45) is 0.544. The molecule has 6 N–H and O–H groups in total. The Hall–Kier alpha value is -3.96. The van der Waals surface area contributed by atoms with Crippen molar-refractivity contribution in [3.63, 3.8) is 0 Å². The minimum Gasteiger partial charge on any atom is -0.363 e. The van der Waals surface area contributed by atoms with Crippen molar-refractivity contribution in [1.29, 1.82) is 0 Å². The van der Waals surface area contributed by atoms with E-state index in [1.807, 2.05) is 65.0 Å². The number of rotatable bonds is 11.